The highest BCUT2D eigenvalue weighted by Crippen LogP contribution is 2.32. The summed E-state index contributed by atoms with van der Waals surface area (Å²) in [6, 6.07) is 9.13. The van der Waals surface area contributed by atoms with Crippen molar-refractivity contribution in [1.29, 1.82) is 5.26 Å². The van der Waals surface area contributed by atoms with Gasteiger partial charge in [0.15, 0.2) is 0 Å². The summed E-state index contributed by atoms with van der Waals surface area (Å²) in [5, 5.41) is 12.5. The molecule has 0 aromatic heterocycles. The standard InChI is InChI=1S/C14H19N3/c1-3-16-10-11-4-7-14(12(8-11)9-15)17(2)13-5-6-13/h4,7-8,13,16H,3,5-6,10H2,1-2H3. The second-order valence-corrected chi connectivity index (χ2v) is 4.59. The number of rotatable bonds is 5. The topological polar surface area (TPSA) is 39.1 Å². The number of nitrogens with one attached hydrogen (secondary N) is 1. The van der Waals surface area contributed by atoms with E-state index in [1.165, 1.54) is 18.4 Å². The lowest BCUT2D eigenvalue weighted by molar-refractivity contribution is 0.726. The maximum absolute atomic E-state index is 9.22. The van der Waals surface area contributed by atoms with Crippen molar-refractivity contribution in [2.75, 3.05) is 18.5 Å². The number of hydrogen-bond donors (Lipinski definition) is 1. The molecule has 0 atom stereocenters. The first kappa shape index (κ1) is 11.9. The predicted molar refractivity (Wildman–Crippen MR) is 70.0 cm³/mol. The van der Waals surface area contributed by atoms with Crippen LogP contribution in [0.2, 0.25) is 0 Å². The van der Waals surface area contributed by atoms with Gasteiger partial charge in [-0.05, 0) is 37.1 Å². The molecule has 1 fully saturated rings. The van der Waals surface area contributed by atoms with Gasteiger partial charge in [0.2, 0.25) is 0 Å². The van der Waals surface area contributed by atoms with Crippen molar-refractivity contribution < 1.29 is 0 Å². The molecular formula is C14H19N3. The Balaban J connectivity index is 2.19. The van der Waals surface area contributed by atoms with Gasteiger partial charge < -0.3 is 10.2 Å². The molecule has 2 rings (SSSR count). The van der Waals surface area contributed by atoms with Crippen LogP contribution in [0.5, 0.6) is 0 Å². The molecule has 0 bridgehead atoms. The van der Waals surface area contributed by atoms with Crippen molar-refractivity contribution in [2.45, 2.75) is 32.4 Å². The highest BCUT2D eigenvalue weighted by molar-refractivity contribution is 5.61. The van der Waals surface area contributed by atoms with Gasteiger partial charge in [-0.3, -0.25) is 0 Å². The summed E-state index contributed by atoms with van der Waals surface area (Å²) >= 11 is 0. The third-order valence-corrected chi connectivity index (χ3v) is 3.24. The van der Waals surface area contributed by atoms with Crippen molar-refractivity contribution in [1.82, 2.24) is 5.32 Å². The Bertz CT molecular complexity index is 430. The van der Waals surface area contributed by atoms with Crippen molar-refractivity contribution in [3.05, 3.63) is 29.3 Å². The van der Waals surface area contributed by atoms with Crippen LogP contribution in [0.15, 0.2) is 18.2 Å². The molecule has 1 aliphatic carbocycles. The second-order valence-electron chi connectivity index (χ2n) is 4.59. The number of nitriles is 1. The Morgan fingerprint density at radius 3 is 2.82 bits per heavy atom. The second kappa shape index (κ2) is 5.20. The van der Waals surface area contributed by atoms with Gasteiger partial charge in [0.1, 0.15) is 6.07 Å². The van der Waals surface area contributed by atoms with E-state index in [9.17, 15) is 5.26 Å². The van der Waals surface area contributed by atoms with Crippen LogP contribution in [-0.4, -0.2) is 19.6 Å². The van der Waals surface area contributed by atoms with Gasteiger partial charge >= 0.3 is 0 Å². The Hall–Kier alpha value is -1.53. The minimum Gasteiger partial charge on any atom is -0.371 e. The number of anilines is 1. The van der Waals surface area contributed by atoms with E-state index in [0.29, 0.717) is 6.04 Å². The highest BCUT2D eigenvalue weighted by atomic mass is 15.2. The lowest BCUT2D eigenvalue weighted by atomic mass is 10.1. The lowest BCUT2D eigenvalue weighted by Crippen LogP contribution is -2.20. The summed E-state index contributed by atoms with van der Waals surface area (Å²) < 4.78 is 0. The molecule has 1 aliphatic rings. The van der Waals surface area contributed by atoms with Crippen molar-refractivity contribution in [2.24, 2.45) is 0 Å². The first-order chi connectivity index (χ1) is 8.26. The zero-order valence-corrected chi connectivity index (χ0v) is 10.5. The maximum atomic E-state index is 9.22. The lowest BCUT2D eigenvalue weighted by Gasteiger charge is -2.20. The molecule has 1 aromatic rings. The molecular weight excluding hydrogens is 210 g/mol. The molecule has 90 valence electrons. The molecule has 17 heavy (non-hydrogen) atoms. The van der Waals surface area contributed by atoms with Crippen molar-refractivity contribution >= 4 is 5.69 Å². The van der Waals surface area contributed by atoms with Gasteiger partial charge in [-0.25, -0.2) is 0 Å². The normalized spacial score (nSPS) is 14.4. The molecule has 0 amide bonds. The Kier molecular flexibility index (Phi) is 3.65. The zero-order valence-electron chi connectivity index (χ0n) is 10.5. The first-order valence-electron chi connectivity index (χ1n) is 6.22. The molecule has 0 saturated heterocycles. The summed E-state index contributed by atoms with van der Waals surface area (Å²) in [5.41, 5.74) is 3.03. The maximum Gasteiger partial charge on any atom is 0.101 e. The first-order valence-corrected chi connectivity index (χ1v) is 6.22. The highest BCUT2D eigenvalue weighted by Gasteiger charge is 2.27. The summed E-state index contributed by atoms with van der Waals surface area (Å²) in [6.07, 6.45) is 2.50. The Labute approximate surface area is 103 Å². The Morgan fingerprint density at radius 1 is 1.47 bits per heavy atom. The molecule has 1 N–H and O–H groups in total. The third kappa shape index (κ3) is 2.78. The zero-order chi connectivity index (χ0) is 12.3. The van der Waals surface area contributed by atoms with E-state index in [1.807, 2.05) is 6.07 Å². The van der Waals surface area contributed by atoms with Gasteiger partial charge in [0.25, 0.3) is 0 Å². The molecule has 1 aromatic carbocycles. The Morgan fingerprint density at radius 2 is 2.24 bits per heavy atom. The van der Waals surface area contributed by atoms with Crippen LogP contribution in [0.1, 0.15) is 30.9 Å². The molecule has 0 aliphatic heterocycles. The van der Waals surface area contributed by atoms with Crippen LogP contribution in [0, 0.1) is 11.3 Å². The monoisotopic (exact) mass is 229 g/mol. The minimum absolute atomic E-state index is 0.640. The number of hydrogen-bond acceptors (Lipinski definition) is 3. The van der Waals surface area contributed by atoms with Gasteiger partial charge in [0, 0.05) is 19.6 Å². The smallest absolute Gasteiger partial charge is 0.101 e. The average molecular weight is 229 g/mol. The van der Waals surface area contributed by atoms with Gasteiger partial charge in [0.05, 0.1) is 11.3 Å². The van der Waals surface area contributed by atoms with Crippen LogP contribution in [0.3, 0.4) is 0 Å². The van der Waals surface area contributed by atoms with E-state index in [4.69, 9.17) is 0 Å². The largest absolute Gasteiger partial charge is 0.371 e. The van der Waals surface area contributed by atoms with Crippen LogP contribution >= 0.6 is 0 Å². The van der Waals surface area contributed by atoms with E-state index in [0.717, 1.165) is 24.3 Å². The van der Waals surface area contributed by atoms with E-state index < -0.39 is 0 Å². The van der Waals surface area contributed by atoms with E-state index in [1.54, 1.807) is 0 Å². The van der Waals surface area contributed by atoms with E-state index >= 15 is 0 Å². The van der Waals surface area contributed by atoms with Gasteiger partial charge in [-0.15, -0.1) is 0 Å². The van der Waals surface area contributed by atoms with Crippen LogP contribution < -0.4 is 10.2 Å². The SMILES string of the molecule is CCNCc1ccc(N(C)C2CC2)c(C#N)c1. The molecule has 0 heterocycles. The fourth-order valence-corrected chi connectivity index (χ4v) is 2.02. The fraction of sp³-hybridized carbons (Fsp3) is 0.500. The number of benzene rings is 1. The van der Waals surface area contributed by atoms with Gasteiger partial charge in [-0.1, -0.05) is 13.0 Å². The third-order valence-electron chi connectivity index (χ3n) is 3.24. The summed E-state index contributed by atoms with van der Waals surface area (Å²) in [6.45, 7) is 3.87. The molecule has 0 unspecified atom stereocenters. The van der Waals surface area contributed by atoms with Crippen molar-refractivity contribution in [3.63, 3.8) is 0 Å². The summed E-state index contributed by atoms with van der Waals surface area (Å²) in [7, 11) is 2.08. The molecule has 3 heteroatoms. The van der Waals surface area contributed by atoms with Crippen LogP contribution in [0.25, 0.3) is 0 Å². The van der Waals surface area contributed by atoms with Gasteiger partial charge in [-0.2, -0.15) is 5.26 Å². The average Bonchev–Trinajstić information content (AvgIpc) is 3.19. The molecule has 1 saturated carbocycles. The predicted octanol–water partition coefficient (Wildman–Crippen LogP) is 2.27. The number of nitrogens with zero attached hydrogens (tertiary/aromatic N) is 2. The summed E-state index contributed by atoms with van der Waals surface area (Å²) in [4.78, 5) is 2.23. The quantitative estimate of drug-likeness (QED) is 0.841. The van der Waals surface area contributed by atoms with Crippen molar-refractivity contribution in [3.8, 4) is 6.07 Å². The molecule has 3 nitrogen and oxygen atoms in total. The molecule has 0 spiro atoms. The van der Waals surface area contributed by atoms with Crippen LogP contribution in [0.4, 0.5) is 5.69 Å². The van der Waals surface area contributed by atoms with E-state index in [2.05, 4.69) is 42.4 Å². The molecule has 0 radical (unpaired) electrons. The van der Waals surface area contributed by atoms with Crippen LogP contribution in [-0.2, 0) is 6.54 Å². The summed E-state index contributed by atoms with van der Waals surface area (Å²) in [5.74, 6) is 0. The van der Waals surface area contributed by atoms with E-state index in [-0.39, 0.29) is 0 Å². The minimum atomic E-state index is 0.640. The fourth-order valence-electron chi connectivity index (χ4n) is 2.02.